The second-order valence-corrected chi connectivity index (χ2v) is 10.1. The molecule has 170 valence electrons. The summed E-state index contributed by atoms with van der Waals surface area (Å²) >= 11 is 1.53. The third kappa shape index (κ3) is 3.92. The molecular formula is C22H28N6O3S. The summed E-state index contributed by atoms with van der Waals surface area (Å²) in [6.07, 6.45) is 5.30. The normalized spacial score (nSPS) is 27.7. The van der Waals surface area contributed by atoms with Crippen molar-refractivity contribution in [2.45, 2.75) is 50.9 Å². The van der Waals surface area contributed by atoms with Gasteiger partial charge in [-0.2, -0.15) is 4.98 Å². The van der Waals surface area contributed by atoms with Gasteiger partial charge in [0.1, 0.15) is 21.9 Å². The third-order valence-electron chi connectivity index (χ3n) is 6.57. The van der Waals surface area contributed by atoms with Gasteiger partial charge in [-0.25, -0.2) is 9.97 Å². The van der Waals surface area contributed by atoms with E-state index in [4.69, 9.17) is 9.97 Å². The van der Waals surface area contributed by atoms with Crippen molar-refractivity contribution < 1.29 is 15.3 Å². The van der Waals surface area contributed by atoms with Crippen LogP contribution >= 0.6 is 11.3 Å². The number of nitrogens with zero attached hydrogens (tertiary/aromatic N) is 4. The van der Waals surface area contributed by atoms with Gasteiger partial charge in [0.25, 0.3) is 0 Å². The predicted molar refractivity (Wildman–Crippen MR) is 124 cm³/mol. The number of nitrogens with one attached hydrogen (secondary N) is 2. The molecule has 4 unspecified atom stereocenters. The van der Waals surface area contributed by atoms with Gasteiger partial charge in [-0.15, -0.1) is 11.3 Å². The molecule has 0 saturated heterocycles. The van der Waals surface area contributed by atoms with Crippen LogP contribution in [0.5, 0.6) is 0 Å². The number of thiazole rings is 1. The maximum atomic E-state index is 11.0. The molecule has 0 amide bonds. The maximum absolute atomic E-state index is 11.0. The van der Waals surface area contributed by atoms with Gasteiger partial charge in [0.15, 0.2) is 0 Å². The Kier molecular flexibility index (Phi) is 5.48. The van der Waals surface area contributed by atoms with Crippen LogP contribution in [0.1, 0.15) is 31.9 Å². The molecule has 3 heterocycles. The van der Waals surface area contributed by atoms with Crippen LogP contribution in [0.15, 0.2) is 18.5 Å². The van der Waals surface area contributed by atoms with E-state index in [1.807, 2.05) is 13.0 Å². The number of hydrogen-bond acceptors (Lipinski definition) is 10. The van der Waals surface area contributed by atoms with E-state index in [1.54, 1.807) is 19.3 Å². The average Bonchev–Trinajstić information content (AvgIpc) is 3.46. The zero-order valence-electron chi connectivity index (χ0n) is 18.1. The molecule has 5 N–H and O–H groups in total. The van der Waals surface area contributed by atoms with Crippen molar-refractivity contribution in [1.82, 2.24) is 19.9 Å². The van der Waals surface area contributed by atoms with Crippen molar-refractivity contribution >= 4 is 33.3 Å². The van der Waals surface area contributed by atoms with Gasteiger partial charge in [0, 0.05) is 25.3 Å². The van der Waals surface area contributed by atoms with Crippen LogP contribution in [-0.4, -0.2) is 66.2 Å². The third-order valence-corrected chi connectivity index (χ3v) is 7.63. The number of anilines is 2. The number of aryl methyl sites for hydroxylation is 1. The minimum absolute atomic E-state index is 0.190. The Morgan fingerprint density at radius 1 is 1.25 bits per heavy atom. The molecule has 3 aromatic rings. The van der Waals surface area contributed by atoms with Crippen molar-refractivity contribution in [3.05, 3.63) is 24.2 Å². The van der Waals surface area contributed by atoms with Crippen molar-refractivity contribution in [1.29, 1.82) is 0 Å². The van der Waals surface area contributed by atoms with Gasteiger partial charge in [0.2, 0.25) is 5.95 Å². The lowest BCUT2D eigenvalue weighted by molar-refractivity contribution is -0.0647. The van der Waals surface area contributed by atoms with Gasteiger partial charge >= 0.3 is 0 Å². The Hall–Kier alpha value is -2.40. The number of pyridine rings is 1. The van der Waals surface area contributed by atoms with Crippen molar-refractivity contribution in [2.24, 2.45) is 11.8 Å². The molecule has 0 spiro atoms. The van der Waals surface area contributed by atoms with Crippen molar-refractivity contribution in [3.63, 3.8) is 0 Å². The second kappa shape index (κ2) is 8.18. The lowest BCUT2D eigenvalue weighted by Gasteiger charge is -2.30. The Bertz CT molecular complexity index is 1100. The molecule has 3 aromatic heterocycles. The van der Waals surface area contributed by atoms with Crippen molar-refractivity contribution in [2.75, 3.05) is 23.8 Å². The summed E-state index contributed by atoms with van der Waals surface area (Å²) in [6.45, 7) is 4.16. The smallest absolute Gasteiger partial charge is 0.224 e. The van der Waals surface area contributed by atoms with E-state index in [0.717, 1.165) is 33.0 Å². The SMILES string of the molecule is Cc1nc(NCC2CC2)nc(NC2CC(CO)C(O)C2(C)O)c1-c1nc2cnccc2s1. The molecular weight excluding hydrogens is 428 g/mol. The molecule has 9 nitrogen and oxygen atoms in total. The zero-order valence-corrected chi connectivity index (χ0v) is 18.9. The van der Waals surface area contributed by atoms with E-state index in [9.17, 15) is 15.3 Å². The molecule has 2 aliphatic carbocycles. The van der Waals surface area contributed by atoms with Gasteiger partial charge in [-0.05, 0) is 45.1 Å². The molecule has 0 bridgehead atoms. The Labute approximate surface area is 190 Å². The average molecular weight is 457 g/mol. The fourth-order valence-electron chi connectivity index (χ4n) is 4.36. The standard InChI is InChI=1S/C22H28N6O3S/c1-11-17(20-26-14-9-23-6-5-15(14)32-20)19(28-21(25-11)24-8-12-3-4-12)27-16-7-13(10-29)18(30)22(16,2)31/h5-6,9,12-13,16,18,29-31H,3-4,7-8,10H2,1-2H3,(H2,24,25,27,28). The van der Waals surface area contributed by atoms with Crippen LogP contribution in [0, 0.1) is 18.8 Å². The molecule has 0 aliphatic heterocycles. The number of aliphatic hydroxyl groups excluding tert-OH is 2. The van der Waals surface area contributed by atoms with E-state index in [0.29, 0.717) is 24.1 Å². The van der Waals surface area contributed by atoms with Gasteiger partial charge in [-0.1, -0.05) is 0 Å². The fourth-order valence-corrected chi connectivity index (χ4v) is 5.39. The molecule has 5 rings (SSSR count). The first-order chi connectivity index (χ1) is 15.4. The van der Waals surface area contributed by atoms with Crippen LogP contribution in [0.3, 0.4) is 0 Å². The van der Waals surface area contributed by atoms with Crippen molar-refractivity contribution in [3.8, 4) is 10.6 Å². The highest BCUT2D eigenvalue weighted by Crippen LogP contribution is 2.40. The molecule has 4 atom stereocenters. The molecule has 0 radical (unpaired) electrons. The van der Waals surface area contributed by atoms with Gasteiger partial charge in [0.05, 0.1) is 34.3 Å². The largest absolute Gasteiger partial charge is 0.396 e. The lowest BCUT2D eigenvalue weighted by atomic mass is 9.96. The highest BCUT2D eigenvalue weighted by molar-refractivity contribution is 7.21. The molecule has 2 fully saturated rings. The van der Waals surface area contributed by atoms with Gasteiger partial charge < -0.3 is 26.0 Å². The first kappa shape index (κ1) is 21.4. The van der Waals surface area contributed by atoms with Crippen LogP contribution < -0.4 is 10.6 Å². The Balaban J connectivity index is 1.54. The van der Waals surface area contributed by atoms with E-state index in [-0.39, 0.29) is 6.61 Å². The number of aliphatic hydroxyl groups is 3. The number of aromatic nitrogens is 4. The Morgan fingerprint density at radius 2 is 2.06 bits per heavy atom. The summed E-state index contributed by atoms with van der Waals surface area (Å²) in [7, 11) is 0. The number of fused-ring (bicyclic) bond motifs is 1. The van der Waals surface area contributed by atoms with Crippen LogP contribution in [-0.2, 0) is 0 Å². The molecule has 10 heteroatoms. The summed E-state index contributed by atoms with van der Waals surface area (Å²) in [5.41, 5.74) is 0.922. The minimum atomic E-state index is -1.41. The summed E-state index contributed by atoms with van der Waals surface area (Å²) in [5, 5.41) is 38.6. The topological polar surface area (TPSA) is 136 Å². The Morgan fingerprint density at radius 3 is 2.75 bits per heavy atom. The second-order valence-electron chi connectivity index (χ2n) is 9.09. The first-order valence-electron chi connectivity index (χ1n) is 11.0. The van der Waals surface area contributed by atoms with E-state index < -0.39 is 23.7 Å². The number of hydrogen-bond donors (Lipinski definition) is 5. The van der Waals surface area contributed by atoms with Crippen LogP contribution in [0.25, 0.3) is 20.8 Å². The zero-order chi connectivity index (χ0) is 22.5. The minimum Gasteiger partial charge on any atom is -0.396 e. The molecule has 0 aromatic carbocycles. The molecule has 2 saturated carbocycles. The summed E-state index contributed by atoms with van der Waals surface area (Å²) in [5.74, 6) is 1.34. The summed E-state index contributed by atoms with van der Waals surface area (Å²) < 4.78 is 1.01. The number of rotatable bonds is 7. The maximum Gasteiger partial charge on any atom is 0.224 e. The van der Waals surface area contributed by atoms with E-state index >= 15 is 0 Å². The van der Waals surface area contributed by atoms with Gasteiger partial charge in [-0.3, -0.25) is 4.98 Å². The summed E-state index contributed by atoms with van der Waals surface area (Å²) in [4.78, 5) is 18.3. The quantitative estimate of drug-likeness (QED) is 0.362. The highest BCUT2D eigenvalue weighted by Gasteiger charge is 2.50. The highest BCUT2D eigenvalue weighted by atomic mass is 32.1. The van der Waals surface area contributed by atoms with E-state index in [1.165, 1.54) is 24.2 Å². The molecule has 2 aliphatic rings. The fraction of sp³-hybridized carbons (Fsp3) is 0.545. The predicted octanol–water partition coefficient (Wildman–Crippen LogP) is 2.18. The summed E-state index contributed by atoms with van der Waals surface area (Å²) in [6, 6.07) is 1.44. The lowest BCUT2D eigenvalue weighted by Crippen LogP contribution is -2.48. The molecule has 32 heavy (non-hydrogen) atoms. The van der Waals surface area contributed by atoms with E-state index in [2.05, 4.69) is 20.6 Å². The monoisotopic (exact) mass is 456 g/mol. The first-order valence-corrected chi connectivity index (χ1v) is 11.8. The van der Waals surface area contributed by atoms with Crippen LogP contribution in [0.4, 0.5) is 11.8 Å². The van der Waals surface area contributed by atoms with Crippen LogP contribution in [0.2, 0.25) is 0 Å².